The van der Waals surface area contributed by atoms with E-state index in [0.717, 1.165) is 35.9 Å². The van der Waals surface area contributed by atoms with Gasteiger partial charge in [0.05, 0.1) is 5.54 Å². The molecule has 0 aromatic heterocycles. The highest BCUT2D eigenvalue weighted by molar-refractivity contribution is 6.31. The van der Waals surface area contributed by atoms with Crippen molar-refractivity contribution in [3.8, 4) is 0 Å². The zero-order valence-corrected chi connectivity index (χ0v) is 18.0. The Bertz CT molecular complexity index is 785. The van der Waals surface area contributed by atoms with E-state index in [1.54, 1.807) is 0 Å². The number of hydrogen-bond donors (Lipinski definition) is 2. The topological polar surface area (TPSA) is 58.4 Å². The van der Waals surface area contributed by atoms with Crippen LogP contribution in [-0.2, 0) is 11.3 Å². The van der Waals surface area contributed by atoms with Gasteiger partial charge in [0.25, 0.3) is 0 Å². The van der Waals surface area contributed by atoms with E-state index in [4.69, 9.17) is 17.3 Å². The fourth-order valence-electron chi connectivity index (χ4n) is 3.41. The molecular formula is C22H29Cl2N3O. The largest absolute Gasteiger partial charge is 0.324 e. The van der Waals surface area contributed by atoms with Gasteiger partial charge in [0.2, 0.25) is 5.91 Å². The van der Waals surface area contributed by atoms with Gasteiger partial charge < -0.3 is 11.1 Å². The Balaban J connectivity index is 0.00000280. The van der Waals surface area contributed by atoms with E-state index in [1.807, 2.05) is 36.4 Å². The molecule has 2 aromatic rings. The Morgan fingerprint density at radius 2 is 1.75 bits per heavy atom. The number of rotatable bonds is 5. The molecule has 0 bridgehead atoms. The molecule has 3 rings (SSSR count). The van der Waals surface area contributed by atoms with Crippen molar-refractivity contribution < 1.29 is 4.79 Å². The standard InChI is InChI=1S/C22H28ClN3O.ClH/c1-16(2)17-7-9-19(10-8-17)25-21(27)22(24)11-13-26(14-12-22)15-18-5-3-4-6-20(18)23;/h3-10,16H,11-15,24H2,1-2H3,(H,25,27);1H. The molecule has 0 radical (unpaired) electrons. The molecule has 0 saturated carbocycles. The lowest BCUT2D eigenvalue weighted by Gasteiger charge is -2.38. The minimum Gasteiger partial charge on any atom is -0.324 e. The van der Waals surface area contributed by atoms with Crippen molar-refractivity contribution in [3.63, 3.8) is 0 Å². The van der Waals surface area contributed by atoms with Crippen molar-refractivity contribution in [2.45, 2.75) is 44.7 Å². The van der Waals surface area contributed by atoms with Crippen molar-refractivity contribution in [2.75, 3.05) is 18.4 Å². The number of likely N-dealkylation sites (tertiary alicyclic amines) is 1. The molecule has 0 spiro atoms. The molecule has 1 aliphatic heterocycles. The number of piperidine rings is 1. The lowest BCUT2D eigenvalue weighted by Crippen LogP contribution is -2.57. The summed E-state index contributed by atoms with van der Waals surface area (Å²) in [6.45, 7) is 6.65. The van der Waals surface area contributed by atoms with Crippen LogP contribution >= 0.6 is 24.0 Å². The van der Waals surface area contributed by atoms with Gasteiger partial charge >= 0.3 is 0 Å². The van der Waals surface area contributed by atoms with Crippen LogP contribution in [0.4, 0.5) is 5.69 Å². The second-order valence-electron chi connectivity index (χ2n) is 7.75. The van der Waals surface area contributed by atoms with Crippen LogP contribution in [0.2, 0.25) is 5.02 Å². The first-order chi connectivity index (χ1) is 12.9. The number of nitrogens with zero attached hydrogens (tertiary/aromatic N) is 1. The number of halogens is 2. The third-order valence-corrected chi connectivity index (χ3v) is 5.76. The molecule has 152 valence electrons. The molecule has 1 aliphatic rings. The van der Waals surface area contributed by atoms with Gasteiger partial charge in [-0.15, -0.1) is 12.4 Å². The molecular weight excluding hydrogens is 393 g/mol. The second kappa shape index (κ2) is 9.75. The van der Waals surface area contributed by atoms with Gasteiger partial charge in [0, 0.05) is 30.3 Å². The molecule has 3 N–H and O–H groups in total. The van der Waals surface area contributed by atoms with E-state index in [9.17, 15) is 4.79 Å². The zero-order chi connectivity index (χ0) is 19.4. The van der Waals surface area contributed by atoms with Crippen LogP contribution in [0.5, 0.6) is 0 Å². The van der Waals surface area contributed by atoms with Gasteiger partial charge in [0.15, 0.2) is 0 Å². The number of nitrogens with one attached hydrogen (secondary N) is 1. The van der Waals surface area contributed by atoms with Crippen LogP contribution in [0.25, 0.3) is 0 Å². The zero-order valence-electron chi connectivity index (χ0n) is 16.5. The number of amides is 1. The van der Waals surface area contributed by atoms with Crippen LogP contribution in [0.15, 0.2) is 48.5 Å². The molecule has 6 heteroatoms. The van der Waals surface area contributed by atoms with Gasteiger partial charge in [-0.3, -0.25) is 9.69 Å². The normalized spacial score (nSPS) is 16.5. The Kier molecular flexibility index (Phi) is 7.90. The first-order valence-corrected chi connectivity index (χ1v) is 9.91. The first kappa shape index (κ1) is 22.7. The lowest BCUT2D eigenvalue weighted by molar-refractivity contribution is -0.122. The molecule has 0 atom stereocenters. The van der Waals surface area contributed by atoms with Crippen LogP contribution in [0.1, 0.15) is 43.7 Å². The molecule has 2 aromatic carbocycles. The maximum Gasteiger partial charge on any atom is 0.244 e. The summed E-state index contributed by atoms with van der Waals surface area (Å²) in [5, 5.41) is 3.77. The molecule has 4 nitrogen and oxygen atoms in total. The van der Waals surface area contributed by atoms with Crippen molar-refractivity contribution in [3.05, 3.63) is 64.7 Å². The summed E-state index contributed by atoms with van der Waals surface area (Å²) in [7, 11) is 0. The highest BCUT2D eigenvalue weighted by Crippen LogP contribution is 2.25. The Morgan fingerprint density at radius 3 is 2.32 bits per heavy atom. The SMILES string of the molecule is CC(C)c1ccc(NC(=O)C2(N)CCN(Cc3ccccc3Cl)CC2)cc1.Cl. The molecule has 1 amide bonds. The average Bonchev–Trinajstić information content (AvgIpc) is 2.66. The van der Waals surface area contributed by atoms with E-state index in [-0.39, 0.29) is 18.3 Å². The van der Waals surface area contributed by atoms with E-state index in [2.05, 4.69) is 36.2 Å². The van der Waals surface area contributed by atoms with E-state index < -0.39 is 5.54 Å². The fourth-order valence-corrected chi connectivity index (χ4v) is 3.61. The predicted octanol–water partition coefficient (Wildman–Crippen LogP) is 4.82. The summed E-state index contributed by atoms with van der Waals surface area (Å²) in [6, 6.07) is 15.9. The highest BCUT2D eigenvalue weighted by atomic mass is 35.5. The van der Waals surface area contributed by atoms with Crippen molar-refractivity contribution in [2.24, 2.45) is 5.73 Å². The number of hydrogen-bond acceptors (Lipinski definition) is 3. The maximum absolute atomic E-state index is 12.8. The summed E-state index contributed by atoms with van der Waals surface area (Å²) < 4.78 is 0. The van der Waals surface area contributed by atoms with E-state index >= 15 is 0 Å². The van der Waals surface area contributed by atoms with Gasteiger partial charge in [-0.05, 0) is 48.1 Å². The summed E-state index contributed by atoms with van der Waals surface area (Å²) in [4.78, 5) is 15.1. The highest BCUT2D eigenvalue weighted by Gasteiger charge is 2.37. The summed E-state index contributed by atoms with van der Waals surface area (Å²) in [5.74, 6) is 0.371. The van der Waals surface area contributed by atoms with Crippen molar-refractivity contribution in [1.29, 1.82) is 0 Å². The van der Waals surface area contributed by atoms with Crippen LogP contribution in [0, 0.1) is 0 Å². The van der Waals surface area contributed by atoms with E-state index in [0.29, 0.717) is 18.8 Å². The van der Waals surface area contributed by atoms with Crippen LogP contribution in [0.3, 0.4) is 0 Å². The molecule has 1 heterocycles. The minimum atomic E-state index is -0.826. The third-order valence-electron chi connectivity index (χ3n) is 5.39. The van der Waals surface area contributed by atoms with Gasteiger partial charge in [-0.1, -0.05) is 55.8 Å². The summed E-state index contributed by atoms with van der Waals surface area (Å²) in [5.41, 5.74) is 8.79. The molecule has 1 fully saturated rings. The van der Waals surface area contributed by atoms with Gasteiger partial charge in [-0.2, -0.15) is 0 Å². The number of nitrogens with two attached hydrogens (primary N) is 1. The van der Waals surface area contributed by atoms with Crippen molar-refractivity contribution >= 4 is 35.6 Å². The summed E-state index contributed by atoms with van der Waals surface area (Å²) in [6.07, 6.45) is 1.26. The molecule has 0 unspecified atom stereocenters. The quantitative estimate of drug-likeness (QED) is 0.727. The Labute approximate surface area is 178 Å². The van der Waals surface area contributed by atoms with Crippen molar-refractivity contribution in [1.82, 2.24) is 4.90 Å². The first-order valence-electron chi connectivity index (χ1n) is 9.53. The van der Waals surface area contributed by atoms with Gasteiger partial charge in [0.1, 0.15) is 0 Å². The number of carbonyl (C=O) groups is 1. The average molecular weight is 422 g/mol. The molecule has 0 aliphatic carbocycles. The van der Waals surface area contributed by atoms with Crippen LogP contribution in [-0.4, -0.2) is 29.4 Å². The predicted molar refractivity (Wildman–Crippen MR) is 119 cm³/mol. The minimum absolute atomic E-state index is 0. The number of benzene rings is 2. The van der Waals surface area contributed by atoms with Gasteiger partial charge in [-0.25, -0.2) is 0 Å². The molecule has 1 saturated heterocycles. The van der Waals surface area contributed by atoms with E-state index in [1.165, 1.54) is 5.56 Å². The molecule has 28 heavy (non-hydrogen) atoms. The smallest absolute Gasteiger partial charge is 0.244 e. The number of carbonyl (C=O) groups excluding carboxylic acids is 1. The number of anilines is 1. The fraction of sp³-hybridized carbons (Fsp3) is 0.409. The lowest BCUT2D eigenvalue weighted by atomic mass is 9.87. The Morgan fingerprint density at radius 1 is 1.14 bits per heavy atom. The maximum atomic E-state index is 12.8. The van der Waals surface area contributed by atoms with Crippen LogP contribution < -0.4 is 11.1 Å². The third kappa shape index (κ3) is 5.48. The Hall–Kier alpha value is -1.59. The second-order valence-corrected chi connectivity index (χ2v) is 8.16. The summed E-state index contributed by atoms with van der Waals surface area (Å²) >= 11 is 6.26. The monoisotopic (exact) mass is 421 g/mol.